The molecule has 32 heavy (non-hydrogen) atoms. The van der Waals surface area contributed by atoms with Crippen molar-refractivity contribution >= 4 is 58.0 Å². The van der Waals surface area contributed by atoms with E-state index in [0.29, 0.717) is 27.8 Å². The highest BCUT2D eigenvalue weighted by atomic mass is 35.5. The standard InChI is InChI=1S/C23H19Cl3N2O4/c1-13(22(29)27-16-5-9-17(31-2)10-6-16)32-18-7-3-14(4-8-18)23(30)28-21-19(25)11-15(24)12-20(21)26/h3-13H,1-2H3,(H,27,29)(H,28,30). The highest BCUT2D eigenvalue weighted by Crippen LogP contribution is 2.34. The Bertz CT molecular complexity index is 1100. The summed E-state index contributed by atoms with van der Waals surface area (Å²) in [5, 5.41) is 6.25. The molecular weight excluding hydrogens is 475 g/mol. The van der Waals surface area contributed by atoms with E-state index in [1.165, 1.54) is 12.1 Å². The van der Waals surface area contributed by atoms with Gasteiger partial charge in [-0.2, -0.15) is 0 Å². The predicted molar refractivity (Wildman–Crippen MR) is 128 cm³/mol. The molecular formula is C23H19Cl3N2O4. The molecule has 6 nitrogen and oxygen atoms in total. The van der Waals surface area contributed by atoms with Crippen molar-refractivity contribution in [1.82, 2.24) is 0 Å². The molecule has 166 valence electrons. The average molecular weight is 494 g/mol. The van der Waals surface area contributed by atoms with Crippen LogP contribution in [0.2, 0.25) is 15.1 Å². The number of ether oxygens (including phenoxy) is 2. The lowest BCUT2D eigenvalue weighted by molar-refractivity contribution is -0.122. The molecule has 0 fully saturated rings. The fraction of sp³-hybridized carbons (Fsp3) is 0.130. The van der Waals surface area contributed by atoms with E-state index in [-0.39, 0.29) is 21.6 Å². The Hall–Kier alpha value is -2.93. The van der Waals surface area contributed by atoms with Gasteiger partial charge in [-0.25, -0.2) is 0 Å². The minimum atomic E-state index is -0.761. The van der Waals surface area contributed by atoms with Gasteiger partial charge in [-0.1, -0.05) is 34.8 Å². The van der Waals surface area contributed by atoms with Crippen LogP contribution in [0, 0.1) is 0 Å². The van der Waals surface area contributed by atoms with Crippen LogP contribution >= 0.6 is 34.8 Å². The van der Waals surface area contributed by atoms with Crippen molar-refractivity contribution in [3.63, 3.8) is 0 Å². The number of carbonyl (C=O) groups excluding carboxylic acids is 2. The van der Waals surface area contributed by atoms with Gasteiger partial charge in [0.2, 0.25) is 0 Å². The lowest BCUT2D eigenvalue weighted by atomic mass is 10.2. The van der Waals surface area contributed by atoms with Crippen molar-refractivity contribution in [2.75, 3.05) is 17.7 Å². The maximum Gasteiger partial charge on any atom is 0.265 e. The monoisotopic (exact) mass is 492 g/mol. The molecule has 2 amide bonds. The first-order valence-electron chi connectivity index (χ1n) is 9.44. The van der Waals surface area contributed by atoms with Crippen LogP contribution in [0.5, 0.6) is 11.5 Å². The Morgan fingerprint density at radius 3 is 1.97 bits per heavy atom. The van der Waals surface area contributed by atoms with Crippen molar-refractivity contribution in [3.05, 3.63) is 81.3 Å². The SMILES string of the molecule is COc1ccc(NC(=O)C(C)Oc2ccc(C(=O)Nc3c(Cl)cc(Cl)cc3Cl)cc2)cc1. The Morgan fingerprint density at radius 1 is 0.844 bits per heavy atom. The zero-order chi connectivity index (χ0) is 23.3. The summed E-state index contributed by atoms with van der Waals surface area (Å²) in [5.41, 5.74) is 1.25. The third kappa shape index (κ3) is 6.07. The molecule has 1 unspecified atom stereocenters. The zero-order valence-corrected chi connectivity index (χ0v) is 19.4. The average Bonchev–Trinajstić information content (AvgIpc) is 2.77. The van der Waals surface area contributed by atoms with E-state index >= 15 is 0 Å². The second-order valence-electron chi connectivity index (χ2n) is 6.70. The van der Waals surface area contributed by atoms with Crippen LogP contribution in [0.3, 0.4) is 0 Å². The van der Waals surface area contributed by atoms with E-state index < -0.39 is 12.0 Å². The molecule has 0 saturated carbocycles. The van der Waals surface area contributed by atoms with Crippen molar-refractivity contribution < 1.29 is 19.1 Å². The van der Waals surface area contributed by atoms with Gasteiger partial charge >= 0.3 is 0 Å². The van der Waals surface area contributed by atoms with E-state index in [0.717, 1.165) is 0 Å². The number of rotatable bonds is 7. The van der Waals surface area contributed by atoms with Crippen molar-refractivity contribution in [3.8, 4) is 11.5 Å². The normalized spacial score (nSPS) is 11.4. The highest BCUT2D eigenvalue weighted by molar-refractivity contribution is 6.42. The van der Waals surface area contributed by atoms with Crippen LogP contribution in [0.15, 0.2) is 60.7 Å². The zero-order valence-electron chi connectivity index (χ0n) is 17.1. The quantitative estimate of drug-likeness (QED) is 0.404. The van der Waals surface area contributed by atoms with Crippen LogP contribution in [0.1, 0.15) is 17.3 Å². The summed E-state index contributed by atoms with van der Waals surface area (Å²) in [6, 6.07) is 16.2. The van der Waals surface area contributed by atoms with Crippen molar-refractivity contribution in [2.24, 2.45) is 0 Å². The number of halogens is 3. The van der Waals surface area contributed by atoms with Gasteiger partial charge in [0, 0.05) is 16.3 Å². The molecule has 2 N–H and O–H groups in total. The summed E-state index contributed by atoms with van der Waals surface area (Å²) < 4.78 is 10.8. The Morgan fingerprint density at radius 2 is 1.41 bits per heavy atom. The molecule has 3 aromatic rings. The Kier molecular flexibility index (Phi) is 7.85. The molecule has 0 heterocycles. The van der Waals surface area contributed by atoms with Gasteiger partial charge in [-0.3, -0.25) is 9.59 Å². The van der Waals surface area contributed by atoms with Crippen LogP contribution in [0.25, 0.3) is 0 Å². The summed E-state index contributed by atoms with van der Waals surface area (Å²) in [6.07, 6.45) is -0.761. The largest absolute Gasteiger partial charge is 0.497 e. The van der Waals surface area contributed by atoms with E-state index in [9.17, 15) is 9.59 Å². The molecule has 0 aromatic heterocycles. The Labute approximate surface area is 200 Å². The van der Waals surface area contributed by atoms with Gasteiger partial charge in [0.05, 0.1) is 22.8 Å². The highest BCUT2D eigenvalue weighted by Gasteiger charge is 2.16. The van der Waals surface area contributed by atoms with Crippen molar-refractivity contribution in [2.45, 2.75) is 13.0 Å². The fourth-order valence-electron chi connectivity index (χ4n) is 2.71. The maximum atomic E-state index is 12.5. The molecule has 0 radical (unpaired) electrons. The number of anilines is 2. The lowest BCUT2D eigenvalue weighted by Crippen LogP contribution is -2.30. The first-order chi connectivity index (χ1) is 15.3. The van der Waals surface area contributed by atoms with Gasteiger partial charge < -0.3 is 20.1 Å². The third-order valence-corrected chi connectivity index (χ3v) is 5.22. The number of amides is 2. The summed E-state index contributed by atoms with van der Waals surface area (Å²) in [4.78, 5) is 24.9. The smallest absolute Gasteiger partial charge is 0.265 e. The molecule has 3 aromatic carbocycles. The van der Waals surface area contributed by atoms with Gasteiger partial charge in [-0.05, 0) is 67.6 Å². The first kappa shape index (κ1) is 23.7. The van der Waals surface area contributed by atoms with Crippen LogP contribution in [-0.2, 0) is 4.79 Å². The van der Waals surface area contributed by atoms with Gasteiger partial charge in [0.1, 0.15) is 11.5 Å². The first-order valence-corrected chi connectivity index (χ1v) is 10.6. The number of nitrogens with one attached hydrogen (secondary N) is 2. The van der Waals surface area contributed by atoms with Crippen LogP contribution in [0.4, 0.5) is 11.4 Å². The lowest BCUT2D eigenvalue weighted by Gasteiger charge is -2.15. The molecule has 9 heteroatoms. The van der Waals surface area contributed by atoms with Gasteiger partial charge in [-0.15, -0.1) is 0 Å². The molecule has 0 aliphatic rings. The summed E-state index contributed by atoms with van der Waals surface area (Å²) in [5.74, 6) is 0.399. The van der Waals surface area contributed by atoms with E-state index in [2.05, 4.69) is 10.6 Å². The number of carbonyl (C=O) groups is 2. The second-order valence-corrected chi connectivity index (χ2v) is 7.95. The second kappa shape index (κ2) is 10.6. The third-order valence-electron chi connectivity index (χ3n) is 4.40. The molecule has 1 atom stereocenters. The molecule has 0 saturated heterocycles. The van der Waals surface area contributed by atoms with Gasteiger partial charge in [0.25, 0.3) is 11.8 Å². The number of hydrogen-bond donors (Lipinski definition) is 2. The number of hydrogen-bond acceptors (Lipinski definition) is 4. The van der Waals surface area contributed by atoms with Crippen LogP contribution in [-0.4, -0.2) is 25.0 Å². The molecule has 0 bridgehead atoms. The summed E-state index contributed by atoms with van der Waals surface area (Å²) in [6.45, 7) is 1.63. The number of benzene rings is 3. The Balaban J connectivity index is 1.60. The fourth-order valence-corrected chi connectivity index (χ4v) is 3.62. The van der Waals surface area contributed by atoms with Gasteiger partial charge in [0.15, 0.2) is 6.10 Å². The van der Waals surface area contributed by atoms with E-state index in [1.54, 1.807) is 62.6 Å². The topological polar surface area (TPSA) is 76.7 Å². The minimum Gasteiger partial charge on any atom is -0.497 e. The van der Waals surface area contributed by atoms with E-state index in [4.69, 9.17) is 44.3 Å². The molecule has 0 spiro atoms. The maximum absolute atomic E-state index is 12.5. The molecule has 0 aliphatic heterocycles. The molecule has 3 rings (SSSR count). The minimum absolute atomic E-state index is 0.229. The van der Waals surface area contributed by atoms with Crippen LogP contribution < -0.4 is 20.1 Å². The van der Waals surface area contributed by atoms with Crippen molar-refractivity contribution in [1.29, 1.82) is 0 Å². The predicted octanol–water partition coefficient (Wildman–Crippen LogP) is 6.31. The number of methoxy groups -OCH3 is 1. The van der Waals surface area contributed by atoms with E-state index in [1.807, 2.05) is 0 Å². The summed E-state index contributed by atoms with van der Waals surface area (Å²) >= 11 is 18.1. The summed E-state index contributed by atoms with van der Waals surface area (Å²) in [7, 11) is 1.57. The molecule has 0 aliphatic carbocycles.